The Morgan fingerprint density at radius 1 is 1.03 bits per heavy atom. The lowest BCUT2D eigenvalue weighted by Gasteiger charge is -2.25. The molecule has 2 N–H and O–H groups in total. The van der Waals surface area contributed by atoms with Gasteiger partial charge in [-0.15, -0.1) is 0 Å². The van der Waals surface area contributed by atoms with Crippen molar-refractivity contribution < 1.29 is 14.3 Å². The summed E-state index contributed by atoms with van der Waals surface area (Å²) >= 11 is 0. The molecule has 0 spiro atoms. The number of ether oxygens (including phenoxy) is 1. The maximum absolute atomic E-state index is 13.8. The number of aromatic amines is 1. The Labute approximate surface area is 203 Å². The number of carbonyl (C=O) groups is 2. The van der Waals surface area contributed by atoms with Gasteiger partial charge in [-0.3, -0.25) is 9.59 Å². The van der Waals surface area contributed by atoms with Crippen molar-refractivity contribution >= 4 is 34.1 Å². The highest BCUT2D eigenvalue weighted by molar-refractivity contribution is 6.20. The number of methoxy groups -OCH3 is 1. The van der Waals surface area contributed by atoms with E-state index in [1.165, 1.54) is 0 Å². The van der Waals surface area contributed by atoms with Crippen molar-refractivity contribution in [3.8, 4) is 0 Å². The van der Waals surface area contributed by atoms with Crippen LogP contribution in [0.5, 0.6) is 0 Å². The molecular weight excluding hydrogens is 440 g/mol. The highest BCUT2D eigenvalue weighted by Gasteiger charge is 2.33. The zero-order chi connectivity index (χ0) is 24.2. The number of anilines is 1. The van der Waals surface area contributed by atoms with Crippen LogP contribution in [0, 0.1) is 0 Å². The first-order valence-corrected chi connectivity index (χ1v) is 11.6. The van der Waals surface area contributed by atoms with Crippen molar-refractivity contribution in [1.82, 2.24) is 10.3 Å². The van der Waals surface area contributed by atoms with Crippen LogP contribution in [0.2, 0.25) is 0 Å². The van der Waals surface area contributed by atoms with Crippen LogP contribution in [0.1, 0.15) is 28.0 Å². The number of amides is 2. The summed E-state index contributed by atoms with van der Waals surface area (Å²) in [6, 6.07) is 26.8. The molecule has 7 nitrogen and oxygen atoms in total. The molecule has 176 valence electrons. The van der Waals surface area contributed by atoms with E-state index in [9.17, 15) is 9.59 Å². The van der Waals surface area contributed by atoms with Gasteiger partial charge in [0.1, 0.15) is 5.69 Å². The van der Waals surface area contributed by atoms with E-state index in [-0.39, 0.29) is 5.91 Å². The summed E-state index contributed by atoms with van der Waals surface area (Å²) < 4.78 is 5.22. The second-order valence-electron chi connectivity index (χ2n) is 8.34. The fourth-order valence-corrected chi connectivity index (χ4v) is 4.34. The van der Waals surface area contributed by atoms with Crippen molar-refractivity contribution in [2.24, 2.45) is 4.99 Å². The topological polar surface area (TPSA) is 86.8 Å². The molecule has 1 aromatic heterocycles. The number of aliphatic imine (C=N–C) groups is 1. The molecule has 0 unspecified atom stereocenters. The molecule has 3 aromatic carbocycles. The summed E-state index contributed by atoms with van der Waals surface area (Å²) in [6.07, 6.45) is -0.431. The second kappa shape index (κ2) is 9.95. The third-order valence-electron chi connectivity index (χ3n) is 6.03. The summed E-state index contributed by atoms with van der Waals surface area (Å²) in [5.41, 5.74) is 4.36. The molecule has 0 saturated carbocycles. The van der Waals surface area contributed by atoms with Gasteiger partial charge in [-0.1, -0.05) is 66.7 Å². The normalized spacial score (nSPS) is 15.5. The maximum atomic E-state index is 13.8. The number of hydrogen-bond donors (Lipinski definition) is 2. The van der Waals surface area contributed by atoms with Crippen molar-refractivity contribution in [3.63, 3.8) is 0 Å². The Morgan fingerprint density at radius 3 is 2.57 bits per heavy atom. The molecule has 1 atom stereocenters. The van der Waals surface area contributed by atoms with Gasteiger partial charge in [-0.25, -0.2) is 4.99 Å². The van der Waals surface area contributed by atoms with Gasteiger partial charge in [0.25, 0.3) is 11.8 Å². The number of carbonyl (C=O) groups excluding carboxylic acids is 2. The number of benzene rings is 3. The van der Waals surface area contributed by atoms with Gasteiger partial charge in [-0.05, 0) is 24.6 Å². The third kappa shape index (κ3) is 4.58. The van der Waals surface area contributed by atoms with E-state index in [0.717, 1.165) is 27.7 Å². The largest absolute Gasteiger partial charge is 0.385 e. The van der Waals surface area contributed by atoms with E-state index >= 15 is 0 Å². The smallest absolute Gasteiger partial charge is 0.272 e. The molecule has 0 saturated heterocycles. The van der Waals surface area contributed by atoms with Crippen molar-refractivity contribution in [2.45, 2.75) is 12.6 Å². The molecule has 2 heterocycles. The van der Waals surface area contributed by atoms with Crippen LogP contribution in [0.15, 0.2) is 89.9 Å². The molecule has 0 fully saturated rings. The van der Waals surface area contributed by atoms with E-state index < -0.39 is 12.1 Å². The molecule has 2 amide bonds. The molecule has 5 rings (SSSR count). The van der Waals surface area contributed by atoms with Crippen LogP contribution in [-0.2, 0) is 9.53 Å². The molecule has 0 aliphatic carbocycles. The van der Waals surface area contributed by atoms with E-state index in [2.05, 4.69) is 10.3 Å². The minimum Gasteiger partial charge on any atom is -0.385 e. The summed E-state index contributed by atoms with van der Waals surface area (Å²) in [5, 5.41) is 3.78. The molecule has 0 radical (unpaired) electrons. The van der Waals surface area contributed by atoms with E-state index in [1.807, 2.05) is 78.9 Å². The predicted molar refractivity (Wildman–Crippen MR) is 137 cm³/mol. The number of aromatic nitrogens is 1. The fraction of sp³-hybridized carbons (Fsp3) is 0.179. The van der Waals surface area contributed by atoms with Gasteiger partial charge in [0.2, 0.25) is 6.17 Å². The minimum absolute atomic E-state index is 0.288. The Kier molecular flexibility index (Phi) is 6.41. The van der Waals surface area contributed by atoms with Gasteiger partial charge >= 0.3 is 0 Å². The highest BCUT2D eigenvalue weighted by atomic mass is 16.5. The average molecular weight is 467 g/mol. The number of rotatable bonds is 7. The molecule has 0 bridgehead atoms. The predicted octanol–water partition coefficient (Wildman–Crippen LogP) is 4.14. The quantitative estimate of drug-likeness (QED) is 0.401. The third-order valence-corrected chi connectivity index (χ3v) is 6.03. The van der Waals surface area contributed by atoms with Crippen LogP contribution >= 0.6 is 0 Å². The zero-order valence-corrected chi connectivity index (χ0v) is 19.4. The van der Waals surface area contributed by atoms with Crippen molar-refractivity contribution in [1.29, 1.82) is 0 Å². The van der Waals surface area contributed by atoms with Crippen LogP contribution in [0.25, 0.3) is 10.9 Å². The number of H-pyrrole nitrogens is 1. The van der Waals surface area contributed by atoms with Crippen LogP contribution in [0.4, 0.5) is 5.69 Å². The number of para-hydroxylation sites is 2. The molecule has 7 heteroatoms. The van der Waals surface area contributed by atoms with Crippen LogP contribution < -0.4 is 10.2 Å². The lowest BCUT2D eigenvalue weighted by molar-refractivity contribution is -0.120. The van der Waals surface area contributed by atoms with Crippen molar-refractivity contribution in [3.05, 3.63) is 102 Å². The second-order valence-corrected chi connectivity index (χ2v) is 8.34. The Morgan fingerprint density at radius 2 is 1.77 bits per heavy atom. The Bertz CT molecular complexity index is 1360. The average Bonchev–Trinajstić information content (AvgIpc) is 3.30. The van der Waals surface area contributed by atoms with E-state index in [0.29, 0.717) is 31.0 Å². The molecular formula is C28H26N4O3. The lowest BCUT2D eigenvalue weighted by Crippen LogP contribution is -2.48. The Balaban J connectivity index is 1.55. The first kappa shape index (κ1) is 22.6. The number of benzodiazepines with no additional fused rings is 1. The van der Waals surface area contributed by atoms with Gasteiger partial charge in [-0.2, -0.15) is 0 Å². The minimum atomic E-state index is -1.08. The van der Waals surface area contributed by atoms with Gasteiger partial charge in [0.05, 0.1) is 11.4 Å². The maximum Gasteiger partial charge on any atom is 0.272 e. The van der Waals surface area contributed by atoms with Gasteiger partial charge in [0, 0.05) is 42.3 Å². The van der Waals surface area contributed by atoms with Gasteiger partial charge < -0.3 is 19.9 Å². The molecule has 35 heavy (non-hydrogen) atoms. The Hall–Kier alpha value is -4.23. The standard InChI is InChI=1S/C28H26N4O3/c1-35-17-9-16-32-24-15-8-6-13-21(24)25(19-10-3-2-4-11-19)30-26(28(32)34)31-27(33)23-18-20-12-5-7-14-22(20)29-23/h2-8,10-15,18,26,29H,9,16-17H2,1H3,(H,31,33)/t26-/m1/s1. The van der Waals surface area contributed by atoms with Crippen LogP contribution in [0.3, 0.4) is 0 Å². The molecule has 4 aromatic rings. The number of hydrogen-bond acceptors (Lipinski definition) is 4. The van der Waals surface area contributed by atoms with Crippen LogP contribution in [-0.4, -0.2) is 48.9 Å². The summed E-state index contributed by atoms with van der Waals surface area (Å²) in [7, 11) is 1.64. The summed E-state index contributed by atoms with van der Waals surface area (Å²) in [6.45, 7) is 0.963. The zero-order valence-electron chi connectivity index (χ0n) is 19.4. The lowest BCUT2D eigenvalue weighted by atomic mass is 10.0. The number of nitrogens with zero attached hydrogens (tertiary/aromatic N) is 2. The summed E-state index contributed by atoms with van der Waals surface area (Å²) in [4.78, 5) is 36.6. The molecule has 1 aliphatic heterocycles. The summed E-state index contributed by atoms with van der Waals surface area (Å²) in [5.74, 6) is -0.678. The fourth-order valence-electron chi connectivity index (χ4n) is 4.34. The highest BCUT2D eigenvalue weighted by Crippen LogP contribution is 2.28. The van der Waals surface area contributed by atoms with E-state index in [4.69, 9.17) is 9.73 Å². The number of nitrogens with one attached hydrogen (secondary N) is 2. The first-order chi connectivity index (χ1) is 17.2. The first-order valence-electron chi connectivity index (χ1n) is 11.6. The van der Waals surface area contributed by atoms with Crippen molar-refractivity contribution in [2.75, 3.05) is 25.2 Å². The van der Waals surface area contributed by atoms with E-state index in [1.54, 1.807) is 18.1 Å². The monoisotopic (exact) mass is 466 g/mol. The number of fused-ring (bicyclic) bond motifs is 2. The SMILES string of the molecule is COCCCN1C(=O)[C@@H](NC(=O)c2cc3ccccc3[nH]2)N=C(c2ccccc2)c2ccccc21. The molecule has 1 aliphatic rings. The van der Waals surface area contributed by atoms with Gasteiger partial charge in [0.15, 0.2) is 0 Å².